The van der Waals surface area contributed by atoms with Gasteiger partial charge in [0.15, 0.2) is 0 Å². The zero-order valence-corrected chi connectivity index (χ0v) is 15.6. The molecule has 2 aromatic rings. The second kappa shape index (κ2) is 8.89. The first-order chi connectivity index (χ1) is 12.4. The van der Waals surface area contributed by atoms with E-state index in [9.17, 15) is 9.59 Å². The fraction of sp³-hybridized carbons (Fsp3) is 0.300. The minimum Gasteiger partial charge on any atom is -0.450 e. The van der Waals surface area contributed by atoms with E-state index < -0.39 is 12.1 Å². The van der Waals surface area contributed by atoms with Gasteiger partial charge in [0, 0.05) is 17.1 Å². The normalized spacial score (nSPS) is 11.4. The molecule has 0 aliphatic rings. The van der Waals surface area contributed by atoms with Crippen LogP contribution in [0.5, 0.6) is 0 Å². The van der Waals surface area contributed by atoms with Gasteiger partial charge in [-0.1, -0.05) is 24.3 Å². The third-order valence-corrected chi connectivity index (χ3v) is 4.01. The van der Waals surface area contributed by atoms with Crippen molar-refractivity contribution >= 4 is 29.1 Å². The monoisotopic (exact) mass is 355 g/mol. The van der Waals surface area contributed by atoms with Gasteiger partial charge in [-0.25, -0.2) is 4.79 Å². The zero-order valence-electron chi connectivity index (χ0n) is 15.6. The Morgan fingerprint density at radius 2 is 1.62 bits per heavy atom. The molecule has 2 rings (SSSR count). The van der Waals surface area contributed by atoms with E-state index in [1.165, 1.54) is 0 Å². The molecule has 0 fully saturated rings. The van der Waals surface area contributed by atoms with Crippen LogP contribution in [0.15, 0.2) is 42.5 Å². The second-order valence-electron chi connectivity index (χ2n) is 5.99. The predicted octanol–water partition coefficient (Wildman–Crippen LogP) is 4.31. The Labute approximate surface area is 153 Å². The number of hydrogen-bond acceptors (Lipinski definition) is 4. The maximum atomic E-state index is 12.5. The smallest absolute Gasteiger partial charge is 0.411 e. The average molecular weight is 355 g/mol. The van der Waals surface area contributed by atoms with Gasteiger partial charge in [-0.05, 0) is 57.0 Å². The maximum Gasteiger partial charge on any atom is 0.411 e. The van der Waals surface area contributed by atoms with Crippen LogP contribution in [0.1, 0.15) is 25.0 Å². The molecule has 6 nitrogen and oxygen atoms in total. The lowest BCUT2D eigenvalue weighted by molar-refractivity contribution is -0.116. The Hall–Kier alpha value is -3.02. The van der Waals surface area contributed by atoms with E-state index in [1.807, 2.05) is 50.2 Å². The quantitative estimate of drug-likeness (QED) is 0.721. The number of amides is 2. The fourth-order valence-electron chi connectivity index (χ4n) is 2.46. The van der Waals surface area contributed by atoms with Crippen LogP contribution in [-0.4, -0.2) is 24.6 Å². The summed E-state index contributed by atoms with van der Waals surface area (Å²) < 4.78 is 4.90. The van der Waals surface area contributed by atoms with E-state index in [1.54, 1.807) is 19.9 Å². The molecule has 0 saturated heterocycles. The molecule has 0 aliphatic carbocycles. The SMILES string of the molecule is CCOC(=O)Nc1cccc(NC(C)C(=O)Nc2ccccc2C)c1C. The van der Waals surface area contributed by atoms with Gasteiger partial charge in [0.1, 0.15) is 6.04 Å². The van der Waals surface area contributed by atoms with Crippen LogP contribution in [0.3, 0.4) is 0 Å². The van der Waals surface area contributed by atoms with Crippen LogP contribution in [-0.2, 0) is 9.53 Å². The van der Waals surface area contributed by atoms with E-state index in [4.69, 9.17) is 4.74 Å². The molecule has 138 valence electrons. The van der Waals surface area contributed by atoms with Crippen molar-refractivity contribution < 1.29 is 14.3 Å². The standard InChI is InChI=1S/C20H25N3O3/c1-5-26-20(25)23-18-12-8-11-17(14(18)3)21-15(4)19(24)22-16-10-7-6-9-13(16)2/h6-12,15,21H,5H2,1-4H3,(H,22,24)(H,23,25). The van der Waals surface area contributed by atoms with Crippen molar-refractivity contribution in [2.45, 2.75) is 33.7 Å². The molecule has 2 aromatic carbocycles. The number of hydrogen-bond donors (Lipinski definition) is 3. The molecule has 6 heteroatoms. The molecule has 0 heterocycles. The largest absolute Gasteiger partial charge is 0.450 e. The van der Waals surface area contributed by atoms with E-state index in [-0.39, 0.29) is 5.91 Å². The van der Waals surface area contributed by atoms with Gasteiger partial charge in [0.05, 0.1) is 6.61 Å². The summed E-state index contributed by atoms with van der Waals surface area (Å²) in [7, 11) is 0. The van der Waals surface area contributed by atoms with Gasteiger partial charge in [-0.15, -0.1) is 0 Å². The number of nitrogens with one attached hydrogen (secondary N) is 3. The van der Waals surface area contributed by atoms with Crippen molar-refractivity contribution in [1.29, 1.82) is 0 Å². The molecule has 2 amide bonds. The van der Waals surface area contributed by atoms with Crippen LogP contribution in [0.25, 0.3) is 0 Å². The molecule has 0 aromatic heterocycles. The molecule has 0 saturated carbocycles. The molecule has 0 aliphatic heterocycles. The second-order valence-corrected chi connectivity index (χ2v) is 5.99. The summed E-state index contributed by atoms with van der Waals surface area (Å²) in [6, 6.07) is 12.6. The number of anilines is 3. The summed E-state index contributed by atoms with van der Waals surface area (Å²) in [5.41, 5.74) is 4.04. The predicted molar refractivity (Wildman–Crippen MR) is 105 cm³/mol. The van der Waals surface area contributed by atoms with E-state index >= 15 is 0 Å². The number of aryl methyl sites for hydroxylation is 1. The van der Waals surface area contributed by atoms with Gasteiger partial charge < -0.3 is 15.4 Å². The lowest BCUT2D eigenvalue weighted by Gasteiger charge is -2.19. The van der Waals surface area contributed by atoms with Crippen molar-refractivity contribution in [2.24, 2.45) is 0 Å². The highest BCUT2D eigenvalue weighted by molar-refractivity contribution is 5.97. The third-order valence-electron chi connectivity index (χ3n) is 4.01. The van der Waals surface area contributed by atoms with Gasteiger partial charge in [0.25, 0.3) is 0 Å². The van der Waals surface area contributed by atoms with E-state index in [0.717, 1.165) is 22.5 Å². The first-order valence-electron chi connectivity index (χ1n) is 8.58. The van der Waals surface area contributed by atoms with Crippen molar-refractivity contribution in [1.82, 2.24) is 0 Å². The molecule has 0 bridgehead atoms. The highest BCUT2D eigenvalue weighted by atomic mass is 16.5. The lowest BCUT2D eigenvalue weighted by Crippen LogP contribution is -2.32. The van der Waals surface area contributed by atoms with Crippen LogP contribution < -0.4 is 16.0 Å². The lowest BCUT2D eigenvalue weighted by atomic mass is 10.1. The average Bonchev–Trinajstić information content (AvgIpc) is 2.60. The van der Waals surface area contributed by atoms with Crippen molar-refractivity contribution in [2.75, 3.05) is 22.6 Å². The first kappa shape index (κ1) is 19.3. The topological polar surface area (TPSA) is 79.5 Å². The summed E-state index contributed by atoms with van der Waals surface area (Å²) in [4.78, 5) is 24.1. The molecular weight excluding hydrogens is 330 g/mol. The molecule has 0 spiro atoms. The first-order valence-corrected chi connectivity index (χ1v) is 8.58. The van der Waals surface area contributed by atoms with Gasteiger partial charge in [-0.3, -0.25) is 10.1 Å². The van der Waals surface area contributed by atoms with E-state index in [2.05, 4.69) is 16.0 Å². The third kappa shape index (κ3) is 4.99. The summed E-state index contributed by atoms with van der Waals surface area (Å²) in [6.07, 6.45) is -0.502. The molecule has 1 atom stereocenters. The molecule has 0 radical (unpaired) electrons. The highest BCUT2D eigenvalue weighted by Gasteiger charge is 2.16. The van der Waals surface area contributed by atoms with Crippen molar-refractivity contribution in [3.63, 3.8) is 0 Å². The van der Waals surface area contributed by atoms with Crippen molar-refractivity contribution in [3.05, 3.63) is 53.6 Å². The Kier molecular flexibility index (Phi) is 6.60. The number of rotatable bonds is 6. The van der Waals surface area contributed by atoms with Crippen LogP contribution in [0.4, 0.5) is 21.9 Å². The molecular formula is C20H25N3O3. The molecule has 3 N–H and O–H groups in total. The maximum absolute atomic E-state index is 12.5. The van der Waals surface area contributed by atoms with Crippen molar-refractivity contribution in [3.8, 4) is 0 Å². The highest BCUT2D eigenvalue weighted by Crippen LogP contribution is 2.24. The number of carbonyl (C=O) groups is 2. The Morgan fingerprint density at radius 3 is 2.31 bits per heavy atom. The Morgan fingerprint density at radius 1 is 0.962 bits per heavy atom. The van der Waals surface area contributed by atoms with E-state index in [0.29, 0.717) is 12.3 Å². The molecule has 26 heavy (non-hydrogen) atoms. The summed E-state index contributed by atoms with van der Waals surface area (Å²) in [5, 5.41) is 8.81. The summed E-state index contributed by atoms with van der Waals surface area (Å²) in [6.45, 7) is 7.66. The minimum atomic E-state index is -0.502. The Bertz CT molecular complexity index is 790. The van der Waals surface area contributed by atoms with Crippen LogP contribution in [0, 0.1) is 13.8 Å². The van der Waals surface area contributed by atoms with Gasteiger partial charge in [0.2, 0.25) is 5.91 Å². The summed E-state index contributed by atoms with van der Waals surface area (Å²) in [5.74, 6) is -0.137. The van der Waals surface area contributed by atoms with Gasteiger partial charge in [-0.2, -0.15) is 0 Å². The number of para-hydroxylation sites is 1. The summed E-state index contributed by atoms with van der Waals surface area (Å²) >= 11 is 0. The molecule has 1 unspecified atom stereocenters. The van der Waals surface area contributed by atoms with Gasteiger partial charge >= 0.3 is 6.09 Å². The number of carbonyl (C=O) groups excluding carboxylic acids is 2. The van der Waals surface area contributed by atoms with Crippen LogP contribution in [0.2, 0.25) is 0 Å². The number of benzene rings is 2. The Balaban J connectivity index is 2.06. The zero-order chi connectivity index (χ0) is 19.1. The van der Waals surface area contributed by atoms with Crippen LogP contribution >= 0.6 is 0 Å². The minimum absolute atomic E-state index is 0.137. The fourth-order valence-corrected chi connectivity index (χ4v) is 2.46. The number of ether oxygens (including phenoxy) is 1.